The van der Waals surface area contributed by atoms with Crippen LogP contribution in [0.3, 0.4) is 0 Å². The zero-order chi connectivity index (χ0) is 11.8. The SMILES string of the molecule is CS(=O)(=O)c1cc(Cl)c(S(=O)O)c(Cl)c1. The Morgan fingerprint density at radius 3 is 1.93 bits per heavy atom. The van der Waals surface area contributed by atoms with Crippen molar-refractivity contribution in [1.82, 2.24) is 0 Å². The van der Waals surface area contributed by atoms with Gasteiger partial charge in [0, 0.05) is 6.26 Å². The normalized spacial score (nSPS) is 13.9. The average Bonchev–Trinajstić information content (AvgIpc) is 1.99. The van der Waals surface area contributed by atoms with Crippen molar-refractivity contribution in [3.8, 4) is 0 Å². The molecule has 0 aliphatic heterocycles. The molecule has 1 atom stereocenters. The highest BCUT2D eigenvalue weighted by atomic mass is 35.5. The minimum absolute atomic E-state index is 0.0910. The van der Waals surface area contributed by atoms with Crippen LogP contribution in [0.4, 0.5) is 0 Å². The van der Waals surface area contributed by atoms with Crippen molar-refractivity contribution in [2.24, 2.45) is 0 Å². The van der Waals surface area contributed by atoms with Crippen LogP contribution in [-0.4, -0.2) is 23.4 Å². The summed E-state index contributed by atoms with van der Waals surface area (Å²) in [7, 11) is -3.44. The zero-order valence-corrected chi connectivity index (χ0v) is 10.5. The Bertz CT molecular complexity index is 501. The molecule has 0 fully saturated rings. The Hall–Kier alpha value is -0.140. The van der Waals surface area contributed by atoms with E-state index in [1.807, 2.05) is 0 Å². The van der Waals surface area contributed by atoms with Crippen molar-refractivity contribution in [3.63, 3.8) is 0 Å². The molecule has 0 radical (unpaired) electrons. The summed E-state index contributed by atoms with van der Waals surface area (Å²) in [6, 6.07) is 2.18. The van der Waals surface area contributed by atoms with E-state index in [2.05, 4.69) is 0 Å². The lowest BCUT2D eigenvalue weighted by molar-refractivity contribution is 0.564. The average molecular weight is 289 g/mol. The smallest absolute Gasteiger partial charge is 0.189 e. The zero-order valence-electron chi connectivity index (χ0n) is 7.40. The number of rotatable bonds is 2. The first-order chi connectivity index (χ1) is 6.73. The van der Waals surface area contributed by atoms with Crippen LogP contribution in [0.1, 0.15) is 0 Å². The minimum atomic E-state index is -3.44. The summed E-state index contributed by atoms with van der Waals surface area (Å²) in [4.78, 5) is -0.280. The fraction of sp³-hybridized carbons (Fsp3) is 0.143. The van der Waals surface area contributed by atoms with Crippen molar-refractivity contribution < 1.29 is 17.2 Å². The van der Waals surface area contributed by atoms with Crippen LogP contribution in [0, 0.1) is 0 Å². The van der Waals surface area contributed by atoms with E-state index in [9.17, 15) is 12.6 Å². The van der Waals surface area contributed by atoms with Crippen molar-refractivity contribution >= 4 is 44.1 Å². The first kappa shape index (κ1) is 12.9. The molecule has 0 aliphatic rings. The van der Waals surface area contributed by atoms with Gasteiger partial charge in [-0.15, -0.1) is 0 Å². The maximum absolute atomic E-state index is 11.2. The van der Waals surface area contributed by atoms with E-state index in [1.165, 1.54) is 0 Å². The predicted octanol–water partition coefficient (Wildman–Crippen LogP) is 1.98. The number of benzene rings is 1. The number of hydrogen-bond donors (Lipinski definition) is 1. The Labute approximate surface area is 99.4 Å². The lowest BCUT2D eigenvalue weighted by Crippen LogP contribution is -1.99. The predicted molar refractivity (Wildman–Crippen MR) is 58.6 cm³/mol. The molecule has 0 spiro atoms. The highest BCUT2D eigenvalue weighted by Crippen LogP contribution is 2.30. The molecule has 0 bridgehead atoms. The summed E-state index contributed by atoms with van der Waals surface area (Å²) in [6.45, 7) is 0. The van der Waals surface area contributed by atoms with E-state index in [-0.39, 0.29) is 19.8 Å². The summed E-state index contributed by atoms with van der Waals surface area (Å²) in [5, 5.41) is -0.299. The Morgan fingerprint density at radius 1 is 1.27 bits per heavy atom. The van der Waals surface area contributed by atoms with E-state index in [1.54, 1.807) is 0 Å². The third-order valence-corrected chi connectivity index (χ3v) is 4.28. The highest BCUT2D eigenvalue weighted by Gasteiger charge is 2.17. The molecular formula is C7H6Cl2O4S2. The molecule has 0 saturated carbocycles. The third-order valence-electron chi connectivity index (χ3n) is 1.57. The summed E-state index contributed by atoms with van der Waals surface area (Å²) < 4.78 is 42.0. The molecule has 1 N–H and O–H groups in total. The third kappa shape index (κ3) is 2.92. The molecule has 0 saturated heterocycles. The largest absolute Gasteiger partial charge is 0.302 e. The second-order valence-electron chi connectivity index (χ2n) is 2.74. The minimum Gasteiger partial charge on any atom is -0.302 e. The van der Waals surface area contributed by atoms with E-state index in [0.717, 1.165) is 18.4 Å². The second-order valence-corrected chi connectivity index (χ2v) is 6.47. The van der Waals surface area contributed by atoms with Gasteiger partial charge in [-0.3, -0.25) is 0 Å². The molecule has 4 nitrogen and oxygen atoms in total. The molecule has 8 heteroatoms. The number of sulfone groups is 1. The van der Waals surface area contributed by atoms with Gasteiger partial charge in [0.2, 0.25) is 0 Å². The first-order valence-corrected chi connectivity index (χ1v) is 7.29. The molecule has 0 aromatic heterocycles. The maximum atomic E-state index is 11.2. The summed E-state index contributed by atoms with van der Waals surface area (Å²) >= 11 is 8.92. The molecule has 1 aromatic carbocycles. The van der Waals surface area contributed by atoms with Gasteiger partial charge in [-0.2, -0.15) is 0 Å². The maximum Gasteiger partial charge on any atom is 0.189 e. The number of hydrogen-bond acceptors (Lipinski definition) is 3. The van der Waals surface area contributed by atoms with E-state index in [0.29, 0.717) is 0 Å². The molecule has 1 aromatic rings. The monoisotopic (exact) mass is 288 g/mol. The quantitative estimate of drug-likeness (QED) is 0.845. The Morgan fingerprint density at radius 2 is 1.67 bits per heavy atom. The van der Waals surface area contributed by atoms with Gasteiger partial charge < -0.3 is 4.55 Å². The van der Waals surface area contributed by atoms with E-state index >= 15 is 0 Å². The Balaban J connectivity index is 3.52. The second kappa shape index (κ2) is 4.39. The van der Waals surface area contributed by atoms with Gasteiger partial charge in [-0.05, 0) is 12.1 Å². The molecule has 1 rings (SSSR count). The standard InChI is InChI=1S/C7H6Cl2O4S2/c1-15(12,13)4-2-5(8)7(14(10)11)6(9)3-4/h2-3H,1H3,(H,10,11). The first-order valence-electron chi connectivity index (χ1n) is 3.53. The van der Waals surface area contributed by atoms with Gasteiger partial charge in [0.15, 0.2) is 20.9 Å². The lowest BCUT2D eigenvalue weighted by Gasteiger charge is -2.05. The topological polar surface area (TPSA) is 71.4 Å². The molecular weight excluding hydrogens is 283 g/mol. The van der Waals surface area contributed by atoms with E-state index in [4.69, 9.17) is 27.8 Å². The molecule has 0 heterocycles. The van der Waals surface area contributed by atoms with Gasteiger partial charge in [0.05, 0.1) is 14.9 Å². The molecule has 0 aliphatic carbocycles. The number of halogens is 2. The molecule has 1 unspecified atom stereocenters. The summed E-state index contributed by atoms with van der Waals surface area (Å²) in [6.07, 6.45) is 0.991. The lowest BCUT2D eigenvalue weighted by atomic mass is 10.3. The van der Waals surface area contributed by atoms with Crippen molar-refractivity contribution in [2.75, 3.05) is 6.26 Å². The van der Waals surface area contributed by atoms with Gasteiger partial charge in [-0.25, -0.2) is 12.6 Å². The van der Waals surface area contributed by atoms with Gasteiger partial charge >= 0.3 is 0 Å². The van der Waals surface area contributed by atoms with Crippen LogP contribution >= 0.6 is 23.2 Å². The Kier molecular flexibility index (Phi) is 3.78. The van der Waals surface area contributed by atoms with Crippen LogP contribution in [0.5, 0.6) is 0 Å². The fourth-order valence-corrected chi connectivity index (χ4v) is 3.05. The van der Waals surface area contributed by atoms with Crippen molar-refractivity contribution in [3.05, 3.63) is 22.2 Å². The van der Waals surface area contributed by atoms with Gasteiger partial charge in [0.25, 0.3) is 0 Å². The van der Waals surface area contributed by atoms with Crippen LogP contribution in [0.2, 0.25) is 10.0 Å². The van der Waals surface area contributed by atoms with Crippen molar-refractivity contribution in [1.29, 1.82) is 0 Å². The van der Waals surface area contributed by atoms with Crippen LogP contribution in [-0.2, 0) is 20.9 Å². The van der Waals surface area contributed by atoms with E-state index < -0.39 is 20.9 Å². The van der Waals surface area contributed by atoms with Crippen LogP contribution in [0.25, 0.3) is 0 Å². The van der Waals surface area contributed by atoms with Crippen LogP contribution in [0.15, 0.2) is 21.9 Å². The summed E-state index contributed by atoms with van der Waals surface area (Å²) in [5.41, 5.74) is 0. The van der Waals surface area contributed by atoms with Crippen LogP contribution < -0.4 is 0 Å². The van der Waals surface area contributed by atoms with Gasteiger partial charge in [-0.1, -0.05) is 23.2 Å². The highest BCUT2D eigenvalue weighted by molar-refractivity contribution is 7.90. The fourth-order valence-electron chi connectivity index (χ4n) is 0.918. The molecule has 15 heavy (non-hydrogen) atoms. The molecule has 84 valence electrons. The van der Waals surface area contributed by atoms with Gasteiger partial charge in [0.1, 0.15) is 4.90 Å². The molecule has 0 amide bonds. The van der Waals surface area contributed by atoms with Crippen molar-refractivity contribution in [2.45, 2.75) is 9.79 Å². The summed E-state index contributed by atoms with van der Waals surface area (Å²) in [5.74, 6) is 0.